The highest BCUT2D eigenvalue weighted by Gasteiger charge is 2.05. The lowest BCUT2D eigenvalue weighted by Gasteiger charge is -2.09. The summed E-state index contributed by atoms with van der Waals surface area (Å²) in [6, 6.07) is 0. The maximum atomic E-state index is 11.9. The molecule has 0 aliphatic carbocycles. The number of hydrogen-bond acceptors (Lipinski definition) is 10. The minimum atomic E-state index is -1.13. The minimum absolute atomic E-state index is 0.0183. The maximum absolute atomic E-state index is 11.9. The Bertz CT molecular complexity index is 849. The van der Waals surface area contributed by atoms with E-state index in [4.69, 9.17) is 29.2 Å². The van der Waals surface area contributed by atoms with Gasteiger partial charge in [-0.1, -0.05) is 67.5 Å². The van der Waals surface area contributed by atoms with Crippen molar-refractivity contribution in [2.24, 2.45) is 0 Å². The highest BCUT2D eigenvalue weighted by Crippen LogP contribution is 2.12. The summed E-state index contributed by atoms with van der Waals surface area (Å²) in [5.74, 6) is -2.65. The Morgan fingerprint density at radius 3 is 1.32 bits per heavy atom. The number of carboxylic acid groups (broad SMARTS) is 2. The molecule has 16 heteroatoms. The third-order valence-corrected chi connectivity index (χ3v) is 6.59. The molecule has 0 heterocycles. The first kappa shape index (κ1) is 46.4. The fraction of sp³-hybridized carbons (Fsp3) is 0.806. The van der Waals surface area contributed by atoms with Crippen molar-refractivity contribution in [3.63, 3.8) is 0 Å². The van der Waals surface area contributed by atoms with Gasteiger partial charge in [-0.2, -0.15) is 0 Å². The molecule has 0 aromatic carbocycles. The highest BCUT2D eigenvalue weighted by molar-refractivity contribution is 7.40. The number of carbonyl (C=O) groups is 6. The summed E-state index contributed by atoms with van der Waals surface area (Å²) in [4.78, 5) is 65.3. The average Bonchev–Trinajstić information content (AvgIpc) is 3.03. The van der Waals surface area contributed by atoms with Gasteiger partial charge in [0, 0.05) is 32.4 Å². The first-order chi connectivity index (χ1) is 22.6. The molecule has 0 radical (unpaired) electrons. The van der Waals surface area contributed by atoms with Crippen molar-refractivity contribution < 1.29 is 57.9 Å². The zero-order valence-electron chi connectivity index (χ0n) is 28.0. The van der Waals surface area contributed by atoms with Crippen LogP contribution in [0.25, 0.3) is 0 Å². The van der Waals surface area contributed by atoms with Gasteiger partial charge in [-0.15, -0.1) is 0 Å². The first-order valence-corrected chi connectivity index (χ1v) is 17.0. The van der Waals surface area contributed by atoms with Gasteiger partial charge in [0.1, 0.15) is 25.3 Å². The lowest BCUT2D eigenvalue weighted by molar-refractivity contribution is -0.138. The Morgan fingerprint density at radius 2 is 0.894 bits per heavy atom. The molecule has 0 aromatic rings. The van der Waals surface area contributed by atoms with Crippen molar-refractivity contribution in [1.82, 2.24) is 16.0 Å². The normalized spacial score (nSPS) is 10.4. The second-order valence-corrected chi connectivity index (χ2v) is 11.1. The fourth-order valence-electron chi connectivity index (χ4n) is 3.64. The molecule has 0 fully saturated rings. The molecule has 0 rings (SSSR count). The zero-order chi connectivity index (χ0) is 35.4. The van der Waals surface area contributed by atoms with E-state index in [1.807, 2.05) is 6.92 Å². The van der Waals surface area contributed by atoms with E-state index in [0.717, 1.165) is 44.9 Å². The van der Waals surface area contributed by atoms with E-state index in [2.05, 4.69) is 25.2 Å². The molecule has 15 nitrogen and oxygen atoms in total. The zero-order valence-corrected chi connectivity index (χ0v) is 29.2. The third-order valence-electron chi connectivity index (χ3n) is 6.18. The molecule has 47 heavy (non-hydrogen) atoms. The number of ether oxygens (including phenoxy) is 4. The van der Waals surface area contributed by atoms with Crippen molar-refractivity contribution in [3.05, 3.63) is 0 Å². The summed E-state index contributed by atoms with van der Waals surface area (Å²) < 4.78 is 20.9. The molecule has 0 spiro atoms. The van der Waals surface area contributed by atoms with Crippen LogP contribution in [0.2, 0.25) is 0 Å². The van der Waals surface area contributed by atoms with Crippen LogP contribution < -0.4 is 16.0 Å². The minimum Gasteiger partial charge on any atom is -0.481 e. The van der Waals surface area contributed by atoms with Gasteiger partial charge in [0.05, 0.1) is 39.6 Å². The molecule has 0 aliphatic heterocycles. The summed E-state index contributed by atoms with van der Waals surface area (Å²) in [7, 11) is 2.09. The fourth-order valence-corrected chi connectivity index (χ4v) is 3.64. The first-order valence-electron chi connectivity index (χ1n) is 16.4. The summed E-state index contributed by atoms with van der Waals surface area (Å²) in [6.07, 6.45) is 12.0. The van der Waals surface area contributed by atoms with Gasteiger partial charge in [0.2, 0.25) is 17.7 Å². The Morgan fingerprint density at radius 1 is 0.511 bits per heavy atom. The van der Waals surface area contributed by atoms with E-state index in [1.165, 1.54) is 19.3 Å². The number of nitrogens with one attached hydrogen (secondary N) is 3. The summed E-state index contributed by atoms with van der Waals surface area (Å²) in [6.45, 7) is 3.28. The van der Waals surface area contributed by atoms with Gasteiger partial charge >= 0.3 is 11.9 Å². The molecule has 5 N–H and O–H groups in total. The molecule has 1 unspecified atom stereocenters. The largest absolute Gasteiger partial charge is 0.481 e. The average molecular weight is 696 g/mol. The molecular weight excluding hydrogens is 637 g/mol. The number of unbranched alkanes of at least 4 members (excludes halogenated alkanes) is 9. The van der Waals surface area contributed by atoms with E-state index in [9.17, 15) is 28.8 Å². The van der Waals surface area contributed by atoms with Crippen molar-refractivity contribution in [1.29, 1.82) is 0 Å². The molecule has 3 amide bonds. The summed E-state index contributed by atoms with van der Waals surface area (Å²) in [5.41, 5.74) is 0.171. The van der Waals surface area contributed by atoms with E-state index in [1.54, 1.807) is 0 Å². The van der Waals surface area contributed by atoms with E-state index in [0.29, 0.717) is 32.6 Å². The Kier molecular flexibility index (Phi) is 35.7. The summed E-state index contributed by atoms with van der Waals surface area (Å²) >= 11 is 0. The SMILES string of the molecule is CCC(=O)P.O=C(O)CCCCCCCCCCCCC(=O)NCCOCCOCC(=O)NCCOCCOCC(=O)NCC(=O)O. The van der Waals surface area contributed by atoms with E-state index >= 15 is 0 Å². The van der Waals surface area contributed by atoms with Crippen molar-refractivity contribution >= 4 is 44.4 Å². The van der Waals surface area contributed by atoms with Crippen LogP contribution in [-0.4, -0.2) is 118 Å². The second kappa shape index (κ2) is 36.1. The topological polar surface area (TPSA) is 216 Å². The second-order valence-electron chi connectivity index (χ2n) is 10.4. The molecule has 0 aromatic heterocycles. The molecular formula is C31H58N3O12P. The number of amides is 3. The molecule has 0 aliphatic rings. The van der Waals surface area contributed by atoms with Crippen LogP contribution in [-0.2, 0) is 47.7 Å². The van der Waals surface area contributed by atoms with Crippen LogP contribution in [0.1, 0.15) is 90.4 Å². The maximum Gasteiger partial charge on any atom is 0.322 e. The monoisotopic (exact) mass is 695 g/mol. The van der Waals surface area contributed by atoms with Gasteiger partial charge in [-0.3, -0.25) is 28.8 Å². The van der Waals surface area contributed by atoms with E-state index in [-0.39, 0.29) is 69.9 Å². The lowest BCUT2D eigenvalue weighted by Crippen LogP contribution is -2.33. The smallest absolute Gasteiger partial charge is 0.322 e. The van der Waals surface area contributed by atoms with Gasteiger partial charge in [0.25, 0.3) is 0 Å². The van der Waals surface area contributed by atoms with Crippen molar-refractivity contribution in [2.75, 3.05) is 72.5 Å². The molecule has 0 saturated heterocycles. The van der Waals surface area contributed by atoms with Crippen LogP contribution in [0.3, 0.4) is 0 Å². The Labute approximate surface area is 281 Å². The quantitative estimate of drug-likeness (QED) is 0.0505. The predicted molar refractivity (Wildman–Crippen MR) is 178 cm³/mol. The predicted octanol–water partition coefficient (Wildman–Crippen LogP) is 2.05. The third kappa shape index (κ3) is 43.3. The number of carboxylic acids is 2. The van der Waals surface area contributed by atoms with E-state index < -0.39 is 24.4 Å². The molecule has 0 bridgehead atoms. The van der Waals surface area contributed by atoms with Crippen LogP contribution in [0.4, 0.5) is 0 Å². The standard InChI is InChI=1S/C28H51N3O11.C3H7OP/c32-24(11-9-7-5-3-1-2-4-6-8-10-12-27(35)36)29-13-15-39-17-19-41-22-25(33)30-14-16-40-18-20-42-23-26(34)31-21-28(37)38;1-2-3(4)5/h1-23H2,(H,29,32)(H,30,33)(H,31,34)(H,35,36)(H,37,38);2,5H2,1H3. The Balaban J connectivity index is 0. The molecule has 274 valence electrons. The van der Waals surface area contributed by atoms with Gasteiger partial charge in [-0.05, 0) is 12.8 Å². The number of hydrogen-bond donors (Lipinski definition) is 5. The van der Waals surface area contributed by atoms with Crippen molar-refractivity contribution in [2.45, 2.75) is 90.4 Å². The van der Waals surface area contributed by atoms with Gasteiger partial charge in [0.15, 0.2) is 0 Å². The summed E-state index contributed by atoms with van der Waals surface area (Å²) in [5, 5.41) is 24.7. The van der Waals surface area contributed by atoms with Crippen LogP contribution in [0, 0.1) is 0 Å². The van der Waals surface area contributed by atoms with Gasteiger partial charge in [-0.25, -0.2) is 0 Å². The number of rotatable bonds is 32. The highest BCUT2D eigenvalue weighted by atomic mass is 31.0. The lowest BCUT2D eigenvalue weighted by atomic mass is 10.1. The van der Waals surface area contributed by atoms with Crippen LogP contribution in [0.5, 0.6) is 0 Å². The van der Waals surface area contributed by atoms with Crippen LogP contribution >= 0.6 is 9.24 Å². The number of carbonyl (C=O) groups excluding carboxylic acids is 4. The van der Waals surface area contributed by atoms with Crippen LogP contribution in [0.15, 0.2) is 0 Å². The van der Waals surface area contributed by atoms with Crippen molar-refractivity contribution in [3.8, 4) is 0 Å². The van der Waals surface area contributed by atoms with Gasteiger partial charge < -0.3 is 45.1 Å². The molecule has 0 saturated carbocycles. The Hall–Kier alpha value is -2.71. The molecule has 1 atom stereocenters. The number of aliphatic carboxylic acids is 2.